The van der Waals surface area contributed by atoms with Crippen LogP contribution in [0.3, 0.4) is 0 Å². The van der Waals surface area contributed by atoms with Gasteiger partial charge in [-0.25, -0.2) is 0 Å². The molecule has 1 aliphatic carbocycles. The van der Waals surface area contributed by atoms with Crippen molar-refractivity contribution in [2.75, 3.05) is 13.1 Å². The molecule has 2 atom stereocenters. The predicted molar refractivity (Wildman–Crippen MR) is 50.9 cm³/mol. The topological polar surface area (TPSA) is 38.0 Å². The van der Waals surface area contributed by atoms with E-state index in [2.05, 4.69) is 5.32 Å². The molecule has 2 rings (SSSR count). The normalized spacial score (nSPS) is 43.2. The summed E-state index contributed by atoms with van der Waals surface area (Å²) in [5.41, 5.74) is 6.21. The van der Waals surface area contributed by atoms with Crippen LogP contribution in [-0.4, -0.2) is 19.1 Å². The number of piperidine rings is 1. The fraction of sp³-hybridized carbons (Fsp3) is 1.00. The zero-order valence-electron chi connectivity index (χ0n) is 7.76. The minimum Gasteiger partial charge on any atom is -0.327 e. The standard InChI is InChI=1S/C10H20N2/c11-10-8-4-2-1-3-5-9(10)7-12-6-8/h8-10,12H,1-7,11H2. The van der Waals surface area contributed by atoms with Gasteiger partial charge in [0.1, 0.15) is 0 Å². The molecule has 1 saturated carbocycles. The summed E-state index contributed by atoms with van der Waals surface area (Å²) in [6, 6.07) is 0.492. The Hall–Kier alpha value is -0.0800. The van der Waals surface area contributed by atoms with Crippen LogP contribution >= 0.6 is 0 Å². The lowest BCUT2D eigenvalue weighted by molar-refractivity contribution is 0.195. The molecule has 0 radical (unpaired) electrons. The van der Waals surface area contributed by atoms with Crippen molar-refractivity contribution in [1.29, 1.82) is 0 Å². The molecule has 3 N–H and O–H groups in total. The molecule has 0 aromatic heterocycles. The molecule has 2 unspecified atom stereocenters. The lowest BCUT2D eigenvalue weighted by Gasteiger charge is -2.38. The van der Waals surface area contributed by atoms with Crippen molar-refractivity contribution in [3.63, 3.8) is 0 Å². The summed E-state index contributed by atoms with van der Waals surface area (Å²) < 4.78 is 0. The van der Waals surface area contributed by atoms with Gasteiger partial charge in [-0.1, -0.05) is 19.3 Å². The molecule has 1 aliphatic heterocycles. The minimum absolute atomic E-state index is 0.492. The fourth-order valence-electron chi connectivity index (χ4n) is 2.69. The van der Waals surface area contributed by atoms with Crippen molar-refractivity contribution in [2.24, 2.45) is 17.6 Å². The number of nitrogens with one attached hydrogen (secondary N) is 1. The summed E-state index contributed by atoms with van der Waals surface area (Å²) in [5, 5.41) is 3.50. The third-order valence-electron chi connectivity index (χ3n) is 3.55. The van der Waals surface area contributed by atoms with Gasteiger partial charge >= 0.3 is 0 Å². The van der Waals surface area contributed by atoms with Gasteiger partial charge in [-0.15, -0.1) is 0 Å². The first-order chi connectivity index (χ1) is 5.88. The average molecular weight is 168 g/mol. The van der Waals surface area contributed by atoms with Gasteiger partial charge in [0.05, 0.1) is 0 Å². The van der Waals surface area contributed by atoms with E-state index < -0.39 is 0 Å². The summed E-state index contributed by atoms with van der Waals surface area (Å²) in [4.78, 5) is 0. The van der Waals surface area contributed by atoms with Crippen LogP contribution in [0, 0.1) is 11.8 Å². The van der Waals surface area contributed by atoms with E-state index in [-0.39, 0.29) is 0 Å². The first kappa shape index (κ1) is 8.52. The van der Waals surface area contributed by atoms with E-state index >= 15 is 0 Å². The van der Waals surface area contributed by atoms with E-state index in [1.807, 2.05) is 0 Å². The fourth-order valence-corrected chi connectivity index (χ4v) is 2.69. The summed E-state index contributed by atoms with van der Waals surface area (Å²) in [6.07, 6.45) is 6.93. The van der Waals surface area contributed by atoms with E-state index in [1.165, 1.54) is 32.1 Å². The first-order valence-electron chi connectivity index (χ1n) is 5.34. The molecule has 2 bridgehead atoms. The van der Waals surface area contributed by atoms with E-state index in [0.717, 1.165) is 24.9 Å². The third kappa shape index (κ3) is 1.64. The Kier molecular flexibility index (Phi) is 2.66. The molecule has 2 fully saturated rings. The van der Waals surface area contributed by atoms with E-state index in [9.17, 15) is 0 Å². The van der Waals surface area contributed by atoms with Gasteiger partial charge in [0.25, 0.3) is 0 Å². The van der Waals surface area contributed by atoms with E-state index in [4.69, 9.17) is 5.73 Å². The highest BCUT2D eigenvalue weighted by Crippen LogP contribution is 2.27. The van der Waals surface area contributed by atoms with Gasteiger partial charge in [-0.3, -0.25) is 0 Å². The molecule has 2 heteroatoms. The highest BCUT2D eigenvalue weighted by Gasteiger charge is 2.30. The van der Waals surface area contributed by atoms with Gasteiger partial charge in [-0.2, -0.15) is 0 Å². The van der Waals surface area contributed by atoms with Crippen molar-refractivity contribution in [1.82, 2.24) is 5.32 Å². The van der Waals surface area contributed by atoms with Crippen LogP contribution < -0.4 is 11.1 Å². The van der Waals surface area contributed by atoms with Crippen molar-refractivity contribution in [2.45, 2.75) is 38.1 Å². The highest BCUT2D eigenvalue weighted by atomic mass is 14.9. The van der Waals surface area contributed by atoms with Crippen molar-refractivity contribution < 1.29 is 0 Å². The second-order valence-corrected chi connectivity index (χ2v) is 4.39. The summed E-state index contributed by atoms with van der Waals surface area (Å²) in [7, 11) is 0. The maximum atomic E-state index is 6.21. The lowest BCUT2D eigenvalue weighted by atomic mass is 9.78. The predicted octanol–water partition coefficient (Wildman–Crippen LogP) is 1.11. The van der Waals surface area contributed by atoms with Crippen molar-refractivity contribution in [3.8, 4) is 0 Å². The Balaban J connectivity index is 2.00. The molecule has 1 heterocycles. The molecule has 0 spiro atoms. The number of hydrogen-bond acceptors (Lipinski definition) is 2. The smallest absolute Gasteiger partial charge is 0.0120 e. The summed E-state index contributed by atoms with van der Waals surface area (Å²) >= 11 is 0. The number of fused-ring (bicyclic) bond motifs is 2. The average Bonchev–Trinajstić information content (AvgIpc) is 2.10. The maximum Gasteiger partial charge on any atom is 0.0120 e. The van der Waals surface area contributed by atoms with Gasteiger partial charge < -0.3 is 11.1 Å². The lowest BCUT2D eigenvalue weighted by Crippen LogP contribution is -2.51. The van der Waals surface area contributed by atoms with Crippen LogP contribution in [0.5, 0.6) is 0 Å². The quantitative estimate of drug-likeness (QED) is 0.568. The summed E-state index contributed by atoms with van der Waals surface area (Å²) in [5.74, 6) is 1.54. The molecule has 1 saturated heterocycles. The monoisotopic (exact) mass is 168 g/mol. The number of rotatable bonds is 0. The van der Waals surface area contributed by atoms with Crippen molar-refractivity contribution >= 4 is 0 Å². The second-order valence-electron chi connectivity index (χ2n) is 4.39. The zero-order valence-corrected chi connectivity index (χ0v) is 7.76. The first-order valence-corrected chi connectivity index (χ1v) is 5.34. The molecule has 2 aliphatic rings. The Morgan fingerprint density at radius 2 is 1.50 bits per heavy atom. The molecule has 2 nitrogen and oxygen atoms in total. The Morgan fingerprint density at radius 1 is 0.917 bits per heavy atom. The molecule has 70 valence electrons. The Bertz CT molecular complexity index is 133. The van der Waals surface area contributed by atoms with Gasteiger partial charge in [0.15, 0.2) is 0 Å². The SMILES string of the molecule is NC1C2CCCCCC1CNC2. The van der Waals surface area contributed by atoms with Gasteiger partial charge in [0.2, 0.25) is 0 Å². The Morgan fingerprint density at radius 3 is 2.08 bits per heavy atom. The number of nitrogens with two attached hydrogens (primary N) is 1. The van der Waals surface area contributed by atoms with Gasteiger partial charge in [-0.05, 0) is 37.8 Å². The highest BCUT2D eigenvalue weighted by molar-refractivity contribution is 4.88. The van der Waals surface area contributed by atoms with Crippen LogP contribution in [0.25, 0.3) is 0 Å². The van der Waals surface area contributed by atoms with Crippen LogP contribution in [-0.2, 0) is 0 Å². The molecular weight excluding hydrogens is 148 g/mol. The second kappa shape index (κ2) is 3.75. The largest absolute Gasteiger partial charge is 0.327 e. The number of hydrogen-bond donors (Lipinski definition) is 2. The molecular formula is C10H20N2. The summed E-state index contributed by atoms with van der Waals surface area (Å²) in [6.45, 7) is 2.33. The van der Waals surface area contributed by atoms with Crippen LogP contribution in [0.4, 0.5) is 0 Å². The van der Waals surface area contributed by atoms with Gasteiger partial charge in [0, 0.05) is 6.04 Å². The van der Waals surface area contributed by atoms with Crippen LogP contribution in [0.1, 0.15) is 32.1 Å². The van der Waals surface area contributed by atoms with Crippen LogP contribution in [0.15, 0.2) is 0 Å². The molecule has 0 aromatic carbocycles. The van der Waals surface area contributed by atoms with Crippen LogP contribution in [0.2, 0.25) is 0 Å². The van der Waals surface area contributed by atoms with E-state index in [1.54, 1.807) is 0 Å². The molecule has 0 amide bonds. The maximum absolute atomic E-state index is 6.21. The van der Waals surface area contributed by atoms with E-state index in [0.29, 0.717) is 6.04 Å². The van der Waals surface area contributed by atoms with Crippen molar-refractivity contribution in [3.05, 3.63) is 0 Å². The third-order valence-corrected chi connectivity index (χ3v) is 3.55. The molecule has 0 aromatic rings. The Labute approximate surface area is 74.9 Å². The zero-order chi connectivity index (χ0) is 8.39. The minimum atomic E-state index is 0.492. The molecule has 12 heavy (non-hydrogen) atoms.